The number of hydrogen-bond donors (Lipinski definition) is 1. The van der Waals surface area contributed by atoms with E-state index in [1.807, 2.05) is 19.9 Å². The summed E-state index contributed by atoms with van der Waals surface area (Å²) in [6, 6.07) is 1.86. The molecule has 5 heteroatoms. The SMILES string of the molecule is COCCCNC(=O)Cc1c(OC)cc(C)c(Cl)c1C. The normalized spacial score (nSPS) is 10.4. The topological polar surface area (TPSA) is 47.6 Å². The van der Waals surface area contributed by atoms with Gasteiger partial charge in [-0.25, -0.2) is 0 Å². The fourth-order valence-electron chi connectivity index (χ4n) is 2.03. The van der Waals surface area contributed by atoms with Crippen LogP contribution in [0.4, 0.5) is 0 Å². The third-order valence-electron chi connectivity index (χ3n) is 3.18. The maximum absolute atomic E-state index is 11.9. The second-order valence-electron chi connectivity index (χ2n) is 4.69. The van der Waals surface area contributed by atoms with Crippen LogP contribution in [0.25, 0.3) is 0 Å². The van der Waals surface area contributed by atoms with Crippen molar-refractivity contribution in [3.8, 4) is 5.75 Å². The largest absolute Gasteiger partial charge is 0.496 e. The van der Waals surface area contributed by atoms with Gasteiger partial charge in [0, 0.05) is 30.8 Å². The van der Waals surface area contributed by atoms with Crippen molar-refractivity contribution < 1.29 is 14.3 Å². The summed E-state index contributed by atoms with van der Waals surface area (Å²) in [4.78, 5) is 11.9. The van der Waals surface area contributed by atoms with Crippen LogP contribution in [0.5, 0.6) is 5.75 Å². The van der Waals surface area contributed by atoms with Crippen molar-refractivity contribution >= 4 is 17.5 Å². The average Bonchev–Trinajstić information content (AvgIpc) is 2.44. The van der Waals surface area contributed by atoms with Gasteiger partial charge in [-0.2, -0.15) is 0 Å². The molecule has 0 saturated heterocycles. The van der Waals surface area contributed by atoms with Gasteiger partial charge in [0.15, 0.2) is 0 Å². The zero-order valence-electron chi connectivity index (χ0n) is 12.5. The summed E-state index contributed by atoms with van der Waals surface area (Å²) in [5.74, 6) is 0.666. The van der Waals surface area contributed by atoms with E-state index < -0.39 is 0 Å². The Balaban J connectivity index is 2.76. The number of carbonyl (C=O) groups excluding carboxylic acids is 1. The van der Waals surface area contributed by atoms with Crippen LogP contribution >= 0.6 is 11.6 Å². The number of methoxy groups -OCH3 is 2. The van der Waals surface area contributed by atoms with Gasteiger partial charge in [0.25, 0.3) is 0 Å². The van der Waals surface area contributed by atoms with Gasteiger partial charge < -0.3 is 14.8 Å². The highest BCUT2D eigenvalue weighted by atomic mass is 35.5. The lowest BCUT2D eigenvalue weighted by atomic mass is 10.0. The fraction of sp³-hybridized carbons (Fsp3) is 0.533. The van der Waals surface area contributed by atoms with Crippen LogP contribution in [0.2, 0.25) is 5.02 Å². The minimum Gasteiger partial charge on any atom is -0.496 e. The molecule has 0 atom stereocenters. The summed E-state index contributed by atoms with van der Waals surface area (Å²) in [5, 5.41) is 3.55. The van der Waals surface area contributed by atoms with Gasteiger partial charge in [-0.1, -0.05) is 11.6 Å². The quantitative estimate of drug-likeness (QED) is 0.788. The number of nitrogens with one attached hydrogen (secondary N) is 1. The fourth-order valence-corrected chi connectivity index (χ4v) is 2.20. The molecule has 0 heterocycles. The standard InChI is InChI=1S/C15H22ClNO3/c1-10-8-13(20-4)12(11(2)15(10)16)9-14(18)17-6-5-7-19-3/h8H,5-7,9H2,1-4H3,(H,17,18). The minimum atomic E-state index is -0.0394. The van der Waals surface area contributed by atoms with E-state index in [0.717, 1.165) is 23.1 Å². The lowest BCUT2D eigenvalue weighted by Gasteiger charge is -2.15. The zero-order chi connectivity index (χ0) is 15.1. The van der Waals surface area contributed by atoms with E-state index >= 15 is 0 Å². The molecule has 1 amide bonds. The molecule has 0 spiro atoms. The Morgan fingerprint density at radius 3 is 2.65 bits per heavy atom. The van der Waals surface area contributed by atoms with E-state index in [2.05, 4.69) is 5.32 Å². The van der Waals surface area contributed by atoms with Gasteiger partial charge >= 0.3 is 0 Å². The number of rotatable bonds is 7. The molecule has 1 aromatic rings. The molecule has 0 aliphatic carbocycles. The number of ether oxygens (including phenoxy) is 2. The van der Waals surface area contributed by atoms with Gasteiger partial charge in [0.1, 0.15) is 5.75 Å². The van der Waals surface area contributed by atoms with Crippen molar-refractivity contribution in [1.82, 2.24) is 5.32 Å². The molecule has 112 valence electrons. The van der Waals surface area contributed by atoms with Crippen molar-refractivity contribution in [1.29, 1.82) is 0 Å². The van der Waals surface area contributed by atoms with Crippen LogP contribution in [0.1, 0.15) is 23.1 Å². The van der Waals surface area contributed by atoms with Crippen molar-refractivity contribution in [2.24, 2.45) is 0 Å². The van der Waals surface area contributed by atoms with E-state index in [0.29, 0.717) is 23.9 Å². The summed E-state index contributed by atoms with van der Waals surface area (Å²) in [5.41, 5.74) is 2.69. The summed E-state index contributed by atoms with van der Waals surface area (Å²) in [7, 11) is 3.24. The molecule has 4 nitrogen and oxygen atoms in total. The second-order valence-corrected chi connectivity index (χ2v) is 5.06. The third kappa shape index (κ3) is 4.39. The van der Waals surface area contributed by atoms with Gasteiger partial charge in [-0.15, -0.1) is 0 Å². The summed E-state index contributed by atoms with van der Waals surface area (Å²) in [6.07, 6.45) is 1.06. The van der Waals surface area contributed by atoms with Crippen LogP contribution in [0, 0.1) is 13.8 Å². The summed E-state index contributed by atoms with van der Waals surface area (Å²) in [6.45, 7) is 5.07. The molecule has 1 N–H and O–H groups in total. The zero-order valence-corrected chi connectivity index (χ0v) is 13.3. The van der Waals surface area contributed by atoms with Crippen LogP contribution in [-0.2, 0) is 16.0 Å². The maximum atomic E-state index is 11.9. The monoisotopic (exact) mass is 299 g/mol. The predicted octanol–water partition coefficient (Wildman–Crippen LogP) is 2.66. The van der Waals surface area contributed by atoms with Crippen molar-refractivity contribution in [3.63, 3.8) is 0 Å². The maximum Gasteiger partial charge on any atom is 0.224 e. The lowest BCUT2D eigenvalue weighted by Crippen LogP contribution is -2.27. The van der Waals surface area contributed by atoms with Crippen LogP contribution in [0.15, 0.2) is 6.07 Å². The molecule has 0 bridgehead atoms. The first-order valence-electron chi connectivity index (χ1n) is 6.59. The van der Waals surface area contributed by atoms with Gasteiger partial charge in [0.2, 0.25) is 5.91 Å². The molecular weight excluding hydrogens is 278 g/mol. The average molecular weight is 300 g/mol. The van der Waals surface area contributed by atoms with E-state index in [9.17, 15) is 4.79 Å². The first kappa shape index (κ1) is 16.8. The van der Waals surface area contributed by atoms with Crippen molar-refractivity contribution in [2.45, 2.75) is 26.7 Å². The third-order valence-corrected chi connectivity index (χ3v) is 3.76. The summed E-state index contributed by atoms with van der Waals surface area (Å²) >= 11 is 6.24. The van der Waals surface area contributed by atoms with Gasteiger partial charge in [-0.05, 0) is 37.5 Å². The molecule has 1 rings (SSSR count). The molecular formula is C15H22ClNO3. The van der Waals surface area contributed by atoms with Gasteiger partial charge in [-0.3, -0.25) is 4.79 Å². The van der Waals surface area contributed by atoms with E-state index in [4.69, 9.17) is 21.1 Å². The Morgan fingerprint density at radius 1 is 1.35 bits per heavy atom. The van der Waals surface area contributed by atoms with Crippen molar-refractivity contribution in [2.75, 3.05) is 27.4 Å². The smallest absolute Gasteiger partial charge is 0.224 e. The number of halogens is 1. The highest BCUT2D eigenvalue weighted by Crippen LogP contribution is 2.31. The lowest BCUT2D eigenvalue weighted by molar-refractivity contribution is -0.120. The highest BCUT2D eigenvalue weighted by molar-refractivity contribution is 6.32. The van der Waals surface area contributed by atoms with E-state index in [1.165, 1.54) is 0 Å². The molecule has 0 unspecified atom stereocenters. The molecule has 0 aliphatic heterocycles. The molecule has 0 aliphatic rings. The summed E-state index contributed by atoms with van der Waals surface area (Å²) < 4.78 is 10.3. The second kappa shape index (κ2) is 8.12. The highest BCUT2D eigenvalue weighted by Gasteiger charge is 2.15. The molecule has 20 heavy (non-hydrogen) atoms. The molecule has 0 aromatic heterocycles. The number of carbonyl (C=O) groups is 1. The minimum absolute atomic E-state index is 0.0394. The predicted molar refractivity (Wildman–Crippen MR) is 80.7 cm³/mol. The molecule has 0 fully saturated rings. The Hall–Kier alpha value is -1.26. The number of aryl methyl sites for hydroxylation is 1. The Labute approximate surface area is 125 Å². The molecule has 1 aromatic carbocycles. The van der Waals surface area contributed by atoms with E-state index in [-0.39, 0.29) is 12.3 Å². The van der Waals surface area contributed by atoms with E-state index in [1.54, 1.807) is 14.2 Å². The van der Waals surface area contributed by atoms with Crippen LogP contribution in [-0.4, -0.2) is 33.3 Å². The molecule has 0 radical (unpaired) electrons. The Bertz CT molecular complexity index is 475. The van der Waals surface area contributed by atoms with Gasteiger partial charge in [0.05, 0.1) is 13.5 Å². The first-order chi connectivity index (χ1) is 9.51. The number of benzene rings is 1. The van der Waals surface area contributed by atoms with Crippen LogP contribution in [0.3, 0.4) is 0 Å². The number of hydrogen-bond acceptors (Lipinski definition) is 3. The first-order valence-corrected chi connectivity index (χ1v) is 6.97. The van der Waals surface area contributed by atoms with Crippen molar-refractivity contribution in [3.05, 3.63) is 27.8 Å². The Morgan fingerprint density at radius 2 is 2.05 bits per heavy atom. The van der Waals surface area contributed by atoms with Crippen LogP contribution < -0.4 is 10.1 Å². The molecule has 0 saturated carbocycles. The number of amides is 1. The Kier molecular flexibility index (Phi) is 6.82.